The Hall–Kier alpha value is -2.28. The number of carbonyl (C=O) groups excluding carboxylic acids is 1. The molecule has 74 valence electrons. The number of hydrogen-bond acceptors (Lipinski definition) is 3. The van der Waals surface area contributed by atoms with Gasteiger partial charge in [0.25, 0.3) is 0 Å². The summed E-state index contributed by atoms with van der Waals surface area (Å²) in [5.41, 5.74) is 7.22. The van der Waals surface area contributed by atoms with Crippen molar-refractivity contribution in [1.82, 2.24) is 4.98 Å². The summed E-state index contributed by atoms with van der Waals surface area (Å²) in [4.78, 5) is 14.4. The van der Waals surface area contributed by atoms with Crippen LogP contribution in [-0.2, 0) is 4.79 Å². The lowest BCUT2D eigenvalue weighted by Gasteiger charge is -1.88. The van der Waals surface area contributed by atoms with Crippen LogP contribution in [0.2, 0.25) is 0 Å². The summed E-state index contributed by atoms with van der Waals surface area (Å²) in [6, 6.07) is 5.39. The van der Waals surface area contributed by atoms with Gasteiger partial charge in [0.2, 0.25) is 5.91 Å². The van der Waals surface area contributed by atoms with Gasteiger partial charge in [0.1, 0.15) is 5.52 Å². The molecule has 2 N–H and O–H groups in total. The van der Waals surface area contributed by atoms with Crippen molar-refractivity contribution < 1.29 is 9.21 Å². The van der Waals surface area contributed by atoms with E-state index in [0.717, 1.165) is 16.7 Å². The van der Waals surface area contributed by atoms with Crippen LogP contribution in [0, 0.1) is 11.8 Å². The molecule has 0 aliphatic carbocycles. The molecule has 0 radical (unpaired) electrons. The summed E-state index contributed by atoms with van der Waals surface area (Å²) in [6.45, 7) is 0. The third-order valence-electron chi connectivity index (χ3n) is 1.83. The quantitative estimate of drug-likeness (QED) is 0.699. The lowest BCUT2D eigenvalue weighted by molar-refractivity contribution is -0.117. The number of amides is 1. The molecule has 0 aliphatic heterocycles. The van der Waals surface area contributed by atoms with Crippen LogP contribution in [0.3, 0.4) is 0 Å². The molecule has 4 heteroatoms. The smallest absolute Gasteiger partial charge is 0.229 e. The fourth-order valence-corrected chi connectivity index (χ4v) is 1.17. The van der Waals surface area contributed by atoms with Crippen LogP contribution in [0.25, 0.3) is 11.1 Å². The van der Waals surface area contributed by atoms with E-state index in [1.54, 1.807) is 12.1 Å². The highest BCUT2D eigenvalue weighted by Crippen LogP contribution is 2.13. The fourth-order valence-electron chi connectivity index (χ4n) is 1.17. The van der Waals surface area contributed by atoms with Gasteiger partial charge < -0.3 is 10.2 Å². The van der Waals surface area contributed by atoms with Gasteiger partial charge >= 0.3 is 0 Å². The maximum atomic E-state index is 10.5. The van der Waals surface area contributed by atoms with E-state index in [9.17, 15) is 4.79 Å². The molecule has 1 aromatic heterocycles. The summed E-state index contributed by atoms with van der Waals surface area (Å²) in [5, 5.41) is 0. The Morgan fingerprint density at radius 1 is 1.53 bits per heavy atom. The molecule has 0 saturated heterocycles. The highest BCUT2D eigenvalue weighted by molar-refractivity contribution is 5.77. The van der Waals surface area contributed by atoms with Gasteiger partial charge in [-0.3, -0.25) is 4.79 Å². The first kappa shape index (κ1) is 9.28. The number of rotatable bonds is 1. The van der Waals surface area contributed by atoms with Crippen molar-refractivity contribution in [2.24, 2.45) is 5.73 Å². The van der Waals surface area contributed by atoms with E-state index in [1.165, 1.54) is 6.39 Å². The van der Waals surface area contributed by atoms with Crippen LogP contribution in [0.5, 0.6) is 0 Å². The van der Waals surface area contributed by atoms with Crippen molar-refractivity contribution in [2.45, 2.75) is 6.42 Å². The van der Waals surface area contributed by atoms with Crippen molar-refractivity contribution in [2.75, 3.05) is 0 Å². The highest BCUT2D eigenvalue weighted by atomic mass is 16.3. The van der Waals surface area contributed by atoms with Gasteiger partial charge in [0.05, 0.1) is 6.42 Å². The van der Waals surface area contributed by atoms with Gasteiger partial charge in [-0.1, -0.05) is 11.8 Å². The number of oxazole rings is 1. The first-order valence-corrected chi connectivity index (χ1v) is 4.36. The highest BCUT2D eigenvalue weighted by Gasteiger charge is 1.97. The first-order chi connectivity index (χ1) is 7.25. The number of fused-ring (bicyclic) bond motifs is 1. The predicted octanol–water partition coefficient (Wildman–Crippen LogP) is 1.05. The molecule has 0 fully saturated rings. The average Bonchev–Trinajstić information content (AvgIpc) is 2.64. The summed E-state index contributed by atoms with van der Waals surface area (Å²) in [5.74, 6) is 5.07. The molecule has 0 bridgehead atoms. The van der Waals surface area contributed by atoms with Crippen molar-refractivity contribution in [1.29, 1.82) is 0 Å². The summed E-state index contributed by atoms with van der Waals surface area (Å²) in [7, 11) is 0. The molecule has 15 heavy (non-hydrogen) atoms. The van der Waals surface area contributed by atoms with E-state index in [-0.39, 0.29) is 6.42 Å². The van der Waals surface area contributed by atoms with Crippen molar-refractivity contribution in [3.05, 3.63) is 30.2 Å². The normalized spacial score (nSPS) is 9.60. The maximum absolute atomic E-state index is 10.5. The summed E-state index contributed by atoms with van der Waals surface area (Å²) in [6.07, 6.45) is 1.45. The maximum Gasteiger partial charge on any atom is 0.229 e. The van der Waals surface area contributed by atoms with Crippen LogP contribution in [0.1, 0.15) is 12.0 Å². The molecule has 1 heterocycles. The van der Waals surface area contributed by atoms with E-state index < -0.39 is 5.91 Å². The number of hydrogen-bond donors (Lipinski definition) is 1. The zero-order valence-electron chi connectivity index (χ0n) is 7.86. The molecule has 1 amide bonds. The third-order valence-corrected chi connectivity index (χ3v) is 1.83. The zero-order valence-corrected chi connectivity index (χ0v) is 7.86. The first-order valence-electron chi connectivity index (χ1n) is 4.36. The minimum Gasteiger partial charge on any atom is -0.443 e. The monoisotopic (exact) mass is 200 g/mol. The van der Waals surface area contributed by atoms with Gasteiger partial charge in [-0.25, -0.2) is 4.98 Å². The number of primary amides is 1. The number of benzene rings is 1. The fraction of sp³-hybridized carbons (Fsp3) is 0.0909. The second kappa shape index (κ2) is 3.84. The molecule has 0 atom stereocenters. The second-order valence-corrected chi connectivity index (χ2v) is 2.98. The Morgan fingerprint density at radius 2 is 2.40 bits per heavy atom. The number of aromatic nitrogens is 1. The van der Waals surface area contributed by atoms with E-state index in [2.05, 4.69) is 16.8 Å². The predicted molar refractivity (Wildman–Crippen MR) is 54.7 cm³/mol. The molecule has 4 nitrogen and oxygen atoms in total. The minimum atomic E-state index is -0.426. The topological polar surface area (TPSA) is 69.1 Å². The lowest BCUT2D eigenvalue weighted by atomic mass is 10.2. The van der Waals surface area contributed by atoms with Gasteiger partial charge in [0.15, 0.2) is 12.0 Å². The molecule has 0 aliphatic rings. The van der Waals surface area contributed by atoms with Crippen molar-refractivity contribution in [3.8, 4) is 11.8 Å². The molecular formula is C11H8N2O2. The molecule has 0 unspecified atom stereocenters. The Kier molecular flexibility index (Phi) is 2.38. The summed E-state index contributed by atoms with van der Waals surface area (Å²) < 4.78 is 5.08. The van der Waals surface area contributed by atoms with Crippen LogP contribution in [0.4, 0.5) is 0 Å². The molecule has 0 spiro atoms. The third kappa shape index (κ3) is 2.15. The van der Waals surface area contributed by atoms with Crippen molar-refractivity contribution in [3.63, 3.8) is 0 Å². The van der Waals surface area contributed by atoms with Crippen LogP contribution >= 0.6 is 0 Å². The Balaban J connectivity index is 2.27. The largest absolute Gasteiger partial charge is 0.443 e. The average molecular weight is 200 g/mol. The molecule has 0 saturated carbocycles. The van der Waals surface area contributed by atoms with Crippen molar-refractivity contribution >= 4 is 17.0 Å². The molecular weight excluding hydrogens is 192 g/mol. The van der Waals surface area contributed by atoms with Crippen LogP contribution in [0.15, 0.2) is 29.0 Å². The Morgan fingerprint density at radius 3 is 3.20 bits per heavy atom. The number of nitrogens with zero attached hydrogens (tertiary/aromatic N) is 1. The second-order valence-electron chi connectivity index (χ2n) is 2.98. The lowest BCUT2D eigenvalue weighted by Crippen LogP contribution is -2.08. The van der Waals surface area contributed by atoms with Crippen LogP contribution in [-0.4, -0.2) is 10.9 Å². The minimum absolute atomic E-state index is 0.0663. The van der Waals surface area contributed by atoms with Gasteiger partial charge in [0, 0.05) is 5.56 Å². The van der Waals surface area contributed by atoms with Gasteiger partial charge in [-0.15, -0.1) is 0 Å². The standard InChI is InChI=1S/C11H8N2O2/c12-11(14)3-1-2-8-4-5-10-9(6-8)13-7-15-10/h4-7H,3H2,(H2,12,14). The molecule has 2 aromatic rings. The van der Waals surface area contributed by atoms with E-state index >= 15 is 0 Å². The molecule has 1 aromatic carbocycles. The van der Waals surface area contributed by atoms with E-state index in [4.69, 9.17) is 10.2 Å². The van der Waals surface area contributed by atoms with E-state index in [0.29, 0.717) is 0 Å². The SMILES string of the molecule is NC(=O)CC#Cc1ccc2ocnc2c1. The zero-order chi connectivity index (χ0) is 10.7. The summed E-state index contributed by atoms with van der Waals surface area (Å²) >= 11 is 0. The Labute approximate surface area is 86.1 Å². The van der Waals surface area contributed by atoms with Gasteiger partial charge in [-0.05, 0) is 18.2 Å². The number of carbonyl (C=O) groups is 1. The van der Waals surface area contributed by atoms with E-state index in [1.807, 2.05) is 6.07 Å². The van der Waals surface area contributed by atoms with Crippen LogP contribution < -0.4 is 5.73 Å². The Bertz CT molecular complexity index is 560. The van der Waals surface area contributed by atoms with Gasteiger partial charge in [-0.2, -0.15) is 0 Å². The number of nitrogens with two attached hydrogens (primary N) is 1. The molecule has 2 rings (SSSR count).